The highest BCUT2D eigenvalue weighted by atomic mass is 19.1. The van der Waals surface area contributed by atoms with E-state index in [1.807, 2.05) is 0 Å². The Kier molecular flexibility index (Phi) is 5.05. The first-order valence-corrected chi connectivity index (χ1v) is 5.68. The maximum atomic E-state index is 13.9. The summed E-state index contributed by atoms with van der Waals surface area (Å²) in [6.07, 6.45) is 2.20. The van der Waals surface area contributed by atoms with Crippen molar-refractivity contribution >= 4 is 23.6 Å². The number of carbonyl (C=O) groups excluding carboxylic acids is 1. The molecule has 0 atom stereocenters. The number of nitrogens with two attached hydrogens (primary N) is 1. The number of carboxylic acids is 1. The number of carbonyl (C=O) groups is 2. The zero-order chi connectivity index (χ0) is 14.4. The standard InChI is InChI=1S/C13H15FN2O3/c1-2-16(8-11(15)17)13-9(6-7-12(18)19)4-3-5-10(13)14/h3-7H,2,8H2,1H3,(H2,15,17)(H,18,19)/b7-6+. The molecule has 0 unspecified atom stereocenters. The molecular weight excluding hydrogens is 251 g/mol. The Labute approximate surface area is 110 Å². The molecule has 0 spiro atoms. The van der Waals surface area contributed by atoms with Crippen molar-refractivity contribution in [1.82, 2.24) is 0 Å². The lowest BCUT2D eigenvalue weighted by atomic mass is 10.1. The van der Waals surface area contributed by atoms with Crippen LogP contribution < -0.4 is 10.6 Å². The lowest BCUT2D eigenvalue weighted by Crippen LogP contribution is -2.34. The van der Waals surface area contributed by atoms with Gasteiger partial charge in [0.05, 0.1) is 12.2 Å². The van der Waals surface area contributed by atoms with Crippen LogP contribution >= 0.6 is 0 Å². The van der Waals surface area contributed by atoms with Crippen molar-refractivity contribution in [3.63, 3.8) is 0 Å². The fourth-order valence-electron chi connectivity index (χ4n) is 1.70. The van der Waals surface area contributed by atoms with Crippen LogP contribution in [0.5, 0.6) is 0 Å². The van der Waals surface area contributed by atoms with E-state index in [-0.39, 0.29) is 12.2 Å². The first-order chi connectivity index (χ1) is 8.95. The van der Waals surface area contributed by atoms with E-state index in [0.29, 0.717) is 12.1 Å². The summed E-state index contributed by atoms with van der Waals surface area (Å²) in [7, 11) is 0. The van der Waals surface area contributed by atoms with Gasteiger partial charge in [0.1, 0.15) is 5.82 Å². The maximum Gasteiger partial charge on any atom is 0.328 e. The summed E-state index contributed by atoms with van der Waals surface area (Å²) >= 11 is 0. The fourth-order valence-corrected chi connectivity index (χ4v) is 1.70. The number of rotatable bonds is 6. The third-order valence-electron chi connectivity index (χ3n) is 2.47. The Balaban J connectivity index is 3.22. The number of carboxylic acid groups (broad SMARTS) is 1. The summed E-state index contributed by atoms with van der Waals surface area (Å²) < 4.78 is 13.9. The van der Waals surface area contributed by atoms with Crippen molar-refractivity contribution < 1.29 is 19.1 Å². The summed E-state index contributed by atoms with van der Waals surface area (Å²) in [5.41, 5.74) is 5.66. The molecule has 0 fully saturated rings. The zero-order valence-corrected chi connectivity index (χ0v) is 10.5. The molecule has 0 heterocycles. The Morgan fingerprint density at radius 2 is 2.16 bits per heavy atom. The second kappa shape index (κ2) is 6.53. The number of para-hydroxylation sites is 1. The molecule has 1 amide bonds. The summed E-state index contributed by atoms with van der Waals surface area (Å²) in [5.74, 6) is -2.25. The monoisotopic (exact) mass is 266 g/mol. The molecule has 0 saturated heterocycles. The molecule has 0 saturated carbocycles. The lowest BCUT2D eigenvalue weighted by Gasteiger charge is -2.23. The second-order valence-corrected chi connectivity index (χ2v) is 3.83. The van der Waals surface area contributed by atoms with Gasteiger partial charge in [-0.1, -0.05) is 12.1 Å². The minimum Gasteiger partial charge on any atom is -0.478 e. The molecule has 0 aliphatic carbocycles. The molecule has 0 bridgehead atoms. The molecule has 0 aliphatic heterocycles. The van der Waals surface area contributed by atoms with Crippen molar-refractivity contribution in [2.24, 2.45) is 5.73 Å². The van der Waals surface area contributed by atoms with Gasteiger partial charge in [-0.15, -0.1) is 0 Å². The van der Waals surface area contributed by atoms with E-state index < -0.39 is 17.7 Å². The smallest absolute Gasteiger partial charge is 0.328 e. The highest BCUT2D eigenvalue weighted by Crippen LogP contribution is 2.25. The van der Waals surface area contributed by atoms with Gasteiger partial charge in [-0.05, 0) is 19.1 Å². The average molecular weight is 266 g/mol. The van der Waals surface area contributed by atoms with Crippen molar-refractivity contribution in [3.8, 4) is 0 Å². The van der Waals surface area contributed by atoms with Crippen LogP contribution in [0.3, 0.4) is 0 Å². The molecule has 0 aromatic heterocycles. The molecule has 5 nitrogen and oxygen atoms in total. The van der Waals surface area contributed by atoms with Crippen LogP contribution in [-0.4, -0.2) is 30.1 Å². The van der Waals surface area contributed by atoms with Crippen LogP contribution in [0.4, 0.5) is 10.1 Å². The van der Waals surface area contributed by atoms with Gasteiger partial charge >= 0.3 is 5.97 Å². The van der Waals surface area contributed by atoms with Crippen LogP contribution in [0.25, 0.3) is 6.08 Å². The van der Waals surface area contributed by atoms with Crippen molar-refractivity contribution in [2.45, 2.75) is 6.92 Å². The Morgan fingerprint density at radius 1 is 1.47 bits per heavy atom. The third-order valence-corrected chi connectivity index (χ3v) is 2.47. The van der Waals surface area contributed by atoms with Crippen LogP contribution in [-0.2, 0) is 9.59 Å². The van der Waals surface area contributed by atoms with Gasteiger partial charge in [-0.2, -0.15) is 0 Å². The van der Waals surface area contributed by atoms with E-state index in [2.05, 4.69) is 0 Å². The highest BCUT2D eigenvalue weighted by Gasteiger charge is 2.15. The summed E-state index contributed by atoms with van der Waals surface area (Å²) in [6.45, 7) is 1.99. The van der Waals surface area contributed by atoms with Gasteiger partial charge in [-0.3, -0.25) is 4.79 Å². The Hall–Kier alpha value is -2.37. The number of nitrogens with zero attached hydrogens (tertiary/aromatic N) is 1. The van der Waals surface area contributed by atoms with Gasteiger partial charge in [0.15, 0.2) is 0 Å². The molecule has 0 aliphatic rings. The fraction of sp³-hybridized carbons (Fsp3) is 0.231. The molecule has 1 rings (SSSR count). The summed E-state index contributed by atoms with van der Waals surface area (Å²) in [4.78, 5) is 23.0. The predicted octanol–water partition coefficient (Wildman–Crippen LogP) is 1.24. The maximum absolute atomic E-state index is 13.9. The lowest BCUT2D eigenvalue weighted by molar-refractivity contribution is -0.131. The number of aliphatic carboxylic acids is 1. The van der Waals surface area contributed by atoms with Gasteiger partial charge in [-0.25, -0.2) is 9.18 Å². The number of benzene rings is 1. The van der Waals surface area contributed by atoms with Crippen molar-refractivity contribution in [2.75, 3.05) is 18.0 Å². The van der Waals surface area contributed by atoms with Crippen molar-refractivity contribution in [3.05, 3.63) is 35.7 Å². The van der Waals surface area contributed by atoms with Gasteiger partial charge in [0, 0.05) is 18.2 Å². The number of primary amides is 1. The quantitative estimate of drug-likeness (QED) is 0.759. The first kappa shape index (κ1) is 14.7. The average Bonchev–Trinajstić information content (AvgIpc) is 2.33. The molecule has 3 N–H and O–H groups in total. The molecule has 6 heteroatoms. The van der Waals surface area contributed by atoms with E-state index in [4.69, 9.17) is 10.8 Å². The molecule has 19 heavy (non-hydrogen) atoms. The van der Waals surface area contributed by atoms with Gasteiger partial charge < -0.3 is 15.7 Å². The minimum absolute atomic E-state index is 0.134. The van der Waals surface area contributed by atoms with E-state index in [1.54, 1.807) is 13.0 Å². The molecule has 102 valence electrons. The summed E-state index contributed by atoms with van der Waals surface area (Å²) in [5, 5.41) is 8.61. The number of hydrogen-bond acceptors (Lipinski definition) is 3. The number of amides is 1. The van der Waals surface area contributed by atoms with E-state index in [0.717, 1.165) is 6.08 Å². The largest absolute Gasteiger partial charge is 0.478 e. The van der Waals surface area contributed by atoms with E-state index in [9.17, 15) is 14.0 Å². The normalized spacial score (nSPS) is 10.6. The summed E-state index contributed by atoms with van der Waals surface area (Å²) in [6, 6.07) is 4.29. The van der Waals surface area contributed by atoms with E-state index in [1.165, 1.54) is 23.1 Å². The van der Waals surface area contributed by atoms with Crippen LogP contribution in [0.15, 0.2) is 24.3 Å². The Morgan fingerprint density at radius 3 is 2.68 bits per heavy atom. The Bertz CT molecular complexity index is 515. The van der Waals surface area contributed by atoms with E-state index >= 15 is 0 Å². The van der Waals surface area contributed by atoms with Crippen LogP contribution in [0, 0.1) is 5.82 Å². The predicted molar refractivity (Wildman–Crippen MR) is 70.2 cm³/mol. The minimum atomic E-state index is -1.13. The van der Waals surface area contributed by atoms with Gasteiger partial charge in [0.2, 0.25) is 5.91 Å². The molecule has 0 radical (unpaired) electrons. The van der Waals surface area contributed by atoms with Crippen LogP contribution in [0.2, 0.25) is 0 Å². The number of halogens is 1. The second-order valence-electron chi connectivity index (χ2n) is 3.83. The molecule has 1 aromatic carbocycles. The van der Waals surface area contributed by atoms with Crippen molar-refractivity contribution in [1.29, 1.82) is 0 Å². The van der Waals surface area contributed by atoms with Crippen LogP contribution in [0.1, 0.15) is 12.5 Å². The molecular formula is C13H15FN2O3. The van der Waals surface area contributed by atoms with Gasteiger partial charge in [0.25, 0.3) is 0 Å². The number of likely N-dealkylation sites (N-methyl/N-ethyl adjacent to an activating group) is 1. The topological polar surface area (TPSA) is 83.6 Å². The SMILES string of the molecule is CCN(CC(N)=O)c1c(F)cccc1/C=C/C(=O)O. The zero-order valence-electron chi connectivity index (χ0n) is 10.5. The molecule has 1 aromatic rings. The first-order valence-electron chi connectivity index (χ1n) is 5.68. The highest BCUT2D eigenvalue weighted by molar-refractivity contribution is 5.88. The number of hydrogen-bond donors (Lipinski definition) is 2. The third kappa shape index (κ3) is 4.09. The number of anilines is 1.